The molecule has 2 amide bonds. The standard InChI is InChI=1S/C18H29N5O2/c1-13-11-14(2)23(19-13)16-5-7-21(8-6-16)18(25)17-12-22(15(3)24)10-9-20(17)4/h11,16-17H,5-10,12H2,1-4H3/t17-/m0/s1. The normalized spacial score (nSPS) is 23.1. The third kappa shape index (κ3) is 3.71. The highest BCUT2D eigenvalue weighted by Gasteiger charge is 2.35. The van der Waals surface area contributed by atoms with E-state index in [4.69, 9.17) is 0 Å². The molecular weight excluding hydrogens is 318 g/mol. The second kappa shape index (κ2) is 7.15. The summed E-state index contributed by atoms with van der Waals surface area (Å²) in [5.41, 5.74) is 2.23. The van der Waals surface area contributed by atoms with E-state index < -0.39 is 0 Å². The first-order chi connectivity index (χ1) is 11.9. The molecule has 3 rings (SSSR count). The van der Waals surface area contributed by atoms with Gasteiger partial charge in [-0.25, -0.2) is 0 Å². The molecule has 1 aromatic rings. The first kappa shape index (κ1) is 17.9. The quantitative estimate of drug-likeness (QED) is 0.795. The maximum absolute atomic E-state index is 13.0. The second-order valence-corrected chi connectivity index (χ2v) is 7.39. The number of piperazine rings is 1. The van der Waals surface area contributed by atoms with Gasteiger partial charge < -0.3 is 9.80 Å². The summed E-state index contributed by atoms with van der Waals surface area (Å²) < 4.78 is 2.11. The minimum Gasteiger partial charge on any atom is -0.341 e. The predicted octanol–water partition coefficient (Wildman–Crippen LogP) is 0.826. The largest absolute Gasteiger partial charge is 0.341 e. The van der Waals surface area contributed by atoms with E-state index in [2.05, 4.69) is 27.7 Å². The Morgan fingerprint density at radius 2 is 1.76 bits per heavy atom. The van der Waals surface area contributed by atoms with Crippen molar-refractivity contribution in [1.29, 1.82) is 0 Å². The number of amides is 2. The third-order valence-corrected chi connectivity index (χ3v) is 5.55. The summed E-state index contributed by atoms with van der Waals surface area (Å²) in [5, 5.41) is 4.60. The van der Waals surface area contributed by atoms with Gasteiger partial charge in [-0.1, -0.05) is 0 Å². The molecule has 0 N–H and O–H groups in total. The molecule has 7 nitrogen and oxygen atoms in total. The van der Waals surface area contributed by atoms with Crippen LogP contribution >= 0.6 is 0 Å². The van der Waals surface area contributed by atoms with Gasteiger partial charge in [0.1, 0.15) is 6.04 Å². The highest BCUT2D eigenvalue weighted by atomic mass is 16.2. The number of carbonyl (C=O) groups is 2. The Bertz CT molecular complexity index is 648. The summed E-state index contributed by atoms with van der Waals surface area (Å²) in [7, 11) is 1.97. The smallest absolute Gasteiger partial charge is 0.241 e. The van der Waals surface area contributed by atoms with Crippen molar-refractivity contribution in [2.45, 2.75) is 45.7 Å². The van der Waals surface area contributed by atoms with Crippen LogP contribution in [0.5, 0.6) is 0 Å². The van der Waals surface area contributed by atoms with Gasteiger partial charge in [-0.2, -0.15) is 5.10 Å². The third-order valence-electron chi connectivity index (χ3n) is 5.55. The lowest BCUT2D eigenvalue weighted by Crippen LogP contribution is -2.59. The van der Waals surface area contributed by atoms with Crippen LogP contribution in [-0.2, 0) is 9.59 Å². The van der Waals surface area contributed by atoms with Crippen LogP contribution in [0.2, 0.25) is 0 Å². The lowest BCUT2D eigenvalue weighted by molar-refractivity contribution is -0.143. The van der Waals surface area contributed by atoms with Gasteiger partial charge in [-0.3, -0.25) is 19.2 Å². The van der Waals surface area contributed by atoms with Crippen molar-refractivity contribution in [3.8, 4) is 0 Å². The van der Waals surface area contributed by atoms with E-state index in [1.165, 1.54) is 5.69 Å². The number of hydrogen-bond donors (Lipinski definition) is 0. The van der Waals surface area contributed by atoms with Crippen molar-refractivity contribution >= 4 is 11.8 Å². The number of aromatic nitrogens is 2. The van der Waals surface area contributed by atoms with Gasteiger partial charge in [0.25, 0.3) is 0 Å². The average Bonchev–Trinajstić information content (AvgIpc) is 2.93. The molecule has 1 atom stereocenters. The van der Waals surface area contributed by atoms with Gasteiger partial charge in [0, 0.05) is 45.3 Å². The topological polar surface area (TPSA) is 61.7 Å². The second-order valence-electron chi connectivity index (χ2n) is 7.39. The van der Waals surface area contributed by atoms with E-state index >= 15 is 0 Å². The fourth-order valence-electron chi connectivity index (χ4n) is 3.98. The van der Waals surface area contributed by atoms with Gasteiger partial charge in [0.05, 0.1) is 11.7 Å². The van der Waals surface area contributed by atoms with E-state index in [1.54, 1.807) is 11.8 Å². The van der Waals surface area contributed by atoms with E-state index in [-0.39, 0.29) is 17.9 Å². The maximum Gasteiger partial charge on any atom is 0.241 e. The fraction of sp³-hybridized carbons (Fsp3) is 0.722. The number of nitrogens with zero attached hydrogens (tertiary/aromatic N) is 5. The van der Waals surface area contributed by atoms with Gasteiger partial charge in [0.15, 0.2) is 0 Å². The molecule has 7 heteroatoms. The minimum atomic E-state index is -0.220. The molecule has 138 valence electrons. The summed E-state index contributed by atoms with van der Waals surface area (Å²) in [4.78, 5) is 30.5. The van der Waals surface area contributed by atoms with E-state index in [0.29, 0.717) is 19.1 Å². The number of likely N-dealkylation sites (N-methyl/N-ethyl adjacent to an activating group) is 1. The van der Waals surface area contributed by atoms with Crippen LogP contribution in [0.25, 0.3) is 0 Å². The monoisotopic (exact) mass is 347 g/mol. The molecule has 2 saturated heterocycles. The van der Waals surface area contributed by atoms with Crippen LogP contribution < -0.4 is 0 Å². The Hall–Kier alpha value is -1.89. The number of hydrogen-bond acceptors (Lipinski definition) is 4. The van der Waals surface area contributed by atoms with Crippen molar-refractivity contribution < 1.29 is 9.59 Å². The van der Waals surface area contributed by atoms with E-state index in [0.717, 1.165) is 38.2 Å². The summed E-state index contributed by atoms with van der Waals surface area (Å²) >= 11 is 0. The molecule has 1 aromatic heterocycles. The van der Waals surface area contributed by atoms with Crippen LogP contribution in [0, 0.1) is 13.8 Å². The van der Waals surface area contributed by atoms with Crippen molar-refractivity contribution in [2.24, 2.45) is 0 Å². The highest BCUT2D eigenvalue weighted by Crippen LogP contribution is 2.25. The van der Waals surface area contributed by atoms with E-state index in [1.807, 2.05) is 18.9 Å². The van der Waals surface area contributed by atoms with Gasteiger partial charge >= 0.3 is 0 Å². The maximum atomic E-state index is 13.0. The highest BCUT2D eigenvalue weighted by molar-refractivity contribution is 5.83. The Morgan fingerprint density at radius 1 is 1.08 bits per heavy atom. The Labute approximate surface area is 149 Å². The molecule has 3 heterocycles. The lowest BCUT2D eigenvalue weighted by Gasteiger charge is -2.41. The summed E-state index contributed by atoms with van der Waals surface area (Å²) in [6.07, 6.45) is 1.86. The molecule has 2 fully saturated rings. The van der Waals surface area contributed by atoms with Crippen LogP contribution in [0.15, 0.2) is 6.07 Å². The molecule has 25 heavy (non-hydrogen) atoms. The van der Waals surface area contributed by atoms with Gasteiger partial charge in [-0.15, -0.1) is 0 Å². The molecule has 2 aliphatic heterocycles. The number of piperidine rings is 1. The molecule has 0 unspecified atom stereocenters. The van der Waals surface area contributed by atoms with Crippen LogP contribution in [0.4, 0.5) is 0 Å². The fourth-order valence-corrected chi connectivity index (χ4v) is 3.98. The van der Waals surface area contributed by atoms with Crippen molar-refractivity contribution in [2.75, 3.05) is 39.8 Å². The van der Waals surface area contributed by atoms with Crippen molar-refractivity contribution in [3.63, 3.8) is 0 Å². The molecule has 0 spiro atoms. The summed E-state index contributed by atoms with van der Waals surface area (Å²) in [6, 6.07) is 2.25. The van der Waals surface area contributed by atoms with Crippen LogP contribution in [-0.4, -0.2) is 82.1 Å². The lowest BCUT2D eigenvalue weighted by atomic mass is 10.0. The summed E-state index contributed by atoms with van der Waals surface area (Å²) in [5.74, 6) is 0.203. The SMILES string of the molecule is CC(=O)N1CCN(C)[C@H](C(=O)N2CCC(n3nc(C)cc3C)CC2)C1. The molecular formula is C18H29N5O2. The molecule has 0 bridgehead atoms. The molecule has 2 aliphatic rings. The number of carbonyl (C=O) groups excluding carboxylic acids is 2. The number of likely N-dealkylation sites (tertiary alicyclic amines) is 1. The minimum absolute atomic E-state index is 0.0501. The van der Waals surface area contributed by atoms with Crippen molar-refractivity contribution in [3.05, 3.63) is 17.5 Å². The predicted molar refractivity (Wildman–Crippen MR) is 95.2 cm³/mol. The first-order valence-electron chi connectivity index (χ1n) is 9.14. The van der Waals surface area contributed by atoms with Gasteiger partial charge in [-0.05, 0) is 39.8 Å². The Kier molecular flexibility index (Phi) is 5.13. The average molecular weight is 347 g/mol. The molecule has 0 aliphatic carbocycles. The zero-order chi connectivity index (χ0) is 18.1. The number of rotatable bonds is 2. The molecule has 0 radical (unpaired) electrons. The van der Waals surface area contributed by atoms with Crippen molar-refractivity contribution in [1.82, 2.24) is 24.5 Å². The van der Waals surface area contributed by atoms with Gasteiger partial charge in [0.2, 0.25) is 11.8 Å². The molecule has 0 saturated carbocycles. The van der Waals surface area contributed by atoms with Crippen LogP contribution in [0.3, 0.4) is 0 Å². The summed E-state index contributed by atoms with van der Waals surface area (Å²) in [6.45, 7) is 9.15. The van der Waals surface area contributed by atoms with E-state index in [9.17, 15) is 9.59 Å². The first-order valence-corrected chi connectivity index (χ1v) is 9.14. The van der Waals surface area contributed by atoms with Crippen LogP contribution in [0.1, 0.15) is 37.2 Å². The Balaban J connectivity index is 1.61. The zero-order valence-corrected chi connectivity index (χ0v) is 15.7. The zero-order valence-electron chi connectivity index (χ0n) is 15.7. The number of aryl methyl sites for hydroxylation is 2. The Morgan fingerprint density at radius 3 is 2.32 bits per heavy atom. The molecule has 0 aromatic carbocycles.